The average Bonchev–Trinajstić information content (AvgIpc) is 3.04. The van der Waals surface area contributed by atoms with Crippen LogP contribution in [-0.4, -0.2) is 27.7 Å². The number of amides is 1. The average molecular weight is 340 g/mol. The van der Waals surface area contributed by atoms with E-state index in [-0.39, 0.29) is 12.3 Å². The standard InChI is InChI=1S/C13H12N2O3S3/c16-11(17)4-8-6-20-13(14-8)15-12(18)10-3-7-5-19-2-1-9(7)21-10/h3,6H,1-2,4-5H2,(H,16,17)(H,14,15,18). The van der Waals surface area contributed by atoms with Crippen LogP contribution in [0.15, 0.2) is 11.4 Å². The Morgan fingerprint density at radius 1 is 1.43 bits per heavy atom. The Labute approximate surface area is 133 Å². The molecule has 0 aromatic carbocycles. The Balaban J connectivity index is 1.69. The van der Waals surface area contributed by atoms with E-state index < -0.39 is 5.97 Å². The quantitative estimate of drug-likeness (QED) is 0.895. The molecule has 0 aliphatic carbocycles. The summed E-state index contributed by atoms with van der Waals surface area (Å²) in [7, 11) is 0. The first-order valence-electron chi connectivity index (χ1n) is 6.28. The molecule has 0 radical (unpaired) electrons. The number of thiazole rings is 1. The highest BCUT2D eigenvalue weighted by atomic mass is 32.2. The van der Waals surface area contributed by atoms with Crippen LogP contribution in [-0.2, 0) is 23.4 Å². The van der Waals surface area contributed by atoms with E-state index in [1.165, 1.54) is 33.1 Å². The first kappa shape index (κ1) is 14.6. The van der Waals surface area contributed by atoms with Gasteiger partial charge in [-0.1, -0.05) is 0 Å². The van der Waals surface area contributed by atoms with E-state index in [1.54, 1.807) is 5.38 Å². The summed E-state index contributed by atoms with van der Waals surface area (Å²) in [5, 5.41) is 13.5. The lowest BCUT2D eigenvalue weighted by Gasteiger charge is -2.08. The van der Waals surface area contributed by atoms with E-state index in [0.29, 0.717) is 15.7 Å². The van der Waals surface area contributed by atoms with Gasteiger partial charge in [0.15, 0.2) is 5.13 Å². The summed E-state index contributed by atoms with van der Waals surface area (Å²) in [6.45, 7) is 0. The van der Waals surface area contributed by atoms with Gasteiger partial charge in [0.1, 0.15) is 0 Å². The molecule has 5 nitrogen and oxygen atoms in total. The van der Waals surface area contributed by atoms with Gasteiger partial charge in [-0.2, -0.15) is 11.8 Å². The minimum atomic E-state index is -0.929. The minimum Gasteiger partial charge on any atom is -0.481 e. The number of fused-ring (bicyclic) bond motifs is 1. The SMILES string of the molecule is O=C(O)Cc1csc(NC(=O)c2cc3c(s2)CCSC3)n1. The molecule has 0 saturated carbocycles. The van der Waals surface area contributed by atoms with E-state index in [4.69, 9.17) is 5.11 Å². The largest absolute Gasteiger partial charge is 0.481 e. The molecule has 0 unspecified atom stereocenters. The highest BCUT2D eigenvalue weighted by Gasteiger charge is 2.18. The molecule has 1 aliphatic heterocycles. The first-order valence-corrected chi connectivity index (χ1v) is 9.14. The lowest BCUT2D eigenvalue weighted by atomic mass is 10.2. The van der Waals surface area contributed by atoms with Crippen molar-refractivity contribution in [3.63, 3.8) is 0 Å². The molecule has 2 aromatic rings. The third kappa shape index (κ3) is 3.45. The fraction of sp³-hybridized carbons (Fsp3) is 0.308. The Kier molecular flexibility index (Phi) is 4.27. The van der Waals surface area contributed by atoms with Crippen LogP contribution in [0.25, 0.3) is 0 Å². The molecule has 3 rings (SSSR count). The number of thiophene rings is 1. The third-order valence-corrected chi connectivity index (χ3v) is 6.01. The van der Waals surface area contributed by atoms with Gasteiger partial charge >= 0.3 is 5.97 Å². The maximum Gasteiger partial charge on any atom is 0.309 e. The summed E-state index contributed by atoms with van der Waals surface area (Å²) >= 11 is 4.67. The molecule has 21 heavy (non-hydrogen) atoms. The van der Waals surface area contributed by atoms with Gasteiger partial charge in [0.2, 0.25) is 0 Å². The molecule has 0 saturated heterocycles. The second-order valence-electron chi connectivity index (χ2n) is 4.53. The van der Waals surface area contributed by atoms with Crippen LogP contribution in [0.1, 0.15) is 25.8 Å². The number of aromatic nitrogens is 1. The summed E-state index contributed by atoms with van der Waals surface area (Å²) in [6.07, 6.45) is 0.898. The fourth-order valence-electron chi connectivity index (χ4n) is 2.02. The number of anilines is 1. The number of aliphatic carboxylic acids is 1. The number of thioether (sulfide) groups is 1. The van der Waals surface area contributed by atoms with Gasteiger partial charge in [-0.15, -0.1) is 22.7 Å². The van der Waals surface area contributed by atoms with Crippen molar-refractivity contribution >= 4 is 51.4 Å². The summed E-state index contributed by atoms with van der Waals surface area (Å²) < 4.78 is 0. The molecule has 0 spiro atoms. The Bertz CT molecular complexity index is 669. The predicted molar refractivity (Wildman–Crippen MR) is 85.6 cm³/mol. The van der Waals surface area contributed by atoms with E-state index >= 15 is 0 Å². The lowest BCUT2D eigenvalue weighted by molar-refractivity contribution is -0.136. The highest BCUT2D eigenvalue weighted by molar-refractivity contribution is 7.98. The molecule has 1 aliphatic rings. The zero-order chi connectivity index (χ0) is 14.8. The molecular formula is C13H12N2O3S3. The monoisotopic (exact) mass is 340 g/mol. The van der Waals surface area contributed by atoms with Crippen molar-refractivity contribution < 1.29 is 14.7 Å². The maximum absolute atomic E-state index is 12.2. The molecule has 2 N–H and O–H groups in total. The number of aryl methyl sites for hydroxylation is 1. The third-order valence-electron chi connectivity index (χ3n) is 2.96. The highest BCUT2D eigenvalue weighted by Crippen LogP contribution is 2.32. The van der Waals surface area contributed by atoms with Gasteiger partial charge in [-0.25, -0.2) is 4.98 Å². The van der Waals surface area contributed by atoms with E-state index in [1.807, 2.05) is 17.8 Å². The topological polar surface area (TPSA) is 79.3 Å². The summed E-state index contributed by atoms with van der Waals surface area (Å²) in [6, 6.07) is 1.95. The smallest absolute Gasteiger partial charge is 0.309 e. The Hall–Kier alpha value is -1.38. The van der Waals surface area contributed by atoms with Crippen LogP contribution >= 0.6 is 34.4 Å². The molecule has 0 bridgehead atoms. The molecule has 0 fully saturated rings. The number of nitrogens with one attached hydrogen (secondary N) is 1. The van der Waals surface area contributed by atoms with Crippen LogP contribution in [0.2, 0.25) is 0 Å². The second-order valence-corrected chi connectivity index (χ2v) is 7.63. The van der Waals surface area contributed by atoms with Crippen molar-refractivity contribution in [2.75, 3.05) is 11.1 Å². The van der Waals surface area contributed by atoms with Crippen molar-refractivity contribution in [1.29, 1.82) is 0 Å². The number of hydrogen-bond donors (Lipinski definition) is 2. The van der Waals surface area contributed by atoms with Crippen molar-refractivity contribution in [1.82, 2.24) is 4.98 Å². The van der Waals surface area contributed by atoms with Crippen LogP contribution < -0.4 is 5.32 Å². The Morgan fingerprint density at radius 2 is 2.29 bits per heavy atom. The summed E-state index contributed by atoms with van der Waals surface area (Å²) in [4.78, 5) is 28.9. The normalized spacial score (nSPS) is 13.7. The number of carbonyl (C=O) groups excluding carboxylic acids is 1. The van der Waals surface area contributed by atoms with E-state index in [0.717, 1.165) is 17.9 Å². The van der Waals surface area contributed by atoms with Crippen LogP contribution in [0, 0.1) is 0 Å². The minimum absolute atomic E-state index is 0.128. The van der Waals surface area contributed by atoms with Gasteiger partial charge in [0.25, 0.3) is 5.91 Å². The zero-order valence-corrected chi connectivity index (χ0v) is 13.4. The van der Waals surface area contributed by atoms with Crippen LogP contribution in [0.3, 0.4) is 0 Å². The summed E-state index contributed by atoms with van der Waals surface area (Å²) in [5.74, 6) is 0.982. The van der Waals surface area contributed by atoms with Crippen LogP contribution in [0.4, 0.5) is 5.13 Å². The lowest BCUT2D eigenvalue weighted by Crippen LogP contribution is -2.10. The maximum atomic E-state index is 12.2. The molecule has 110 valence electrons. The van der Waals surface area contributed by atoms with E-state index in [2.05, 4.69) is 10.3 Å². The fourth-order valence-corrected chi connectivity index (χ4v) is 4.99. The van der Waals surface area contributed by atoms with E-state index in [9.17, 15) is 9.59 Å². The van der Waals surface area contributed by atoms with Gasteiger partial charge in [-0.3, -0.25) is 14.9 Å². The number of nitrogens with zero attached hydrogens (tertiary/aromatic N) is 1. The van der Waals surface area contributed by atoms with Crippen molar-refractivity contribution in [3.8, 4) is 0 Å². The van der Waals surface area contributed by atoms with Gasteiger partial charge in [0.05, 0.1) is 17.0 Å². The van der Waals surface area contributed by atoms with Crippen molar-refractivity contribution in [2.45, 2.75) is 18.6 Å². The van der Waals surface area contributed by atoms with Crippen molar-refractivity contribution in [2.24, 2.45) is 0 Å². The summed E-state index contributed by atoms with van der Waals surface area (Å²) in [5.41, 5.74) is 1.72. The first-order chi connectivity index (χ1) is 10.1. The van der Waals surface area contributed by atoms with Crippen LogP contribution in [0.5, 0.6) is 0 Å². The number of rotatable bonds is 4. The molecule has 2 aromatic heterocycles. The zero-order valence-electron chi connectivity index (χ0n) is 10.9. The van der Waals surface area contributed by atoms with Gasteiger partial charge in [0, 0.05) is 16.0 Å². The number of carbonyl (C=O) groups is 2. The predicted octanol–water partition coefficient (Wildman–Crippen LogP) is 2.87. The number of carboxylic acids is 1. The number of carboxylic acid groups (broad SMARTS) is 1. The second kappa shape index (κ2) is 6.17. The van der Waals surface area contributed by atoms with Crippen molar-refractivity contribution in [3.05, 3.63) is 32.5 Å². The molecular weight excluding hydrogens is 328 g/mol. The van der Waals surface area contributed by atoms with Gasteiger partial charge < -0.3 is 5.11 Å². The molecule has 1 amide bonds. The molecule has 0 atom stereocenters. The Morgan fingerprint density at radius 3 is 3.05 bits per heavy atom. The molecule has 3 heterocycles. The number of hydrogen-bond acceptors (Lipinski definition) is 6. The molecule has 8 heteroatoms. The van der Waals surface area contributed by atoms with Gasteiger partial charge in [-0.05, 0) is 23.8 Å².